The molecule has 0 spiro atoms. The second-order valence-corrected chi connectivity index (χ2v) is 7.31. The van der Waals surface area contributed by atoms with Crippen LogP contribution in [0.4, 0.5) is 0 Å². The summed E-state index contributed by atoms with van der Waals surface area (Å²) in [5.41, 5.74) is 4.81. The van der Waals surface area contributed by atoms with Gasteiger partial charge in [-0.05, 0) is 38.5 Å². The predicted molar refractivity (Wildman–Crippen MR) is 119 cm³/mol. The first-order valence-electron chi connectivity index (χ1n) is 9.90. The lowest BCUT2D eigenvalue weighted by atomic mass is 10.1. The normalized spacial score (nSPS) is 11.6. The highest BCUT2D eigenvalue weighted by Gasteiger charge is 2.17. The van der Waals surface area contributed by atoms with Crippen LogP contribution in [-0.4, -0.2) is 21.4 Å². The molecule has 2 aromatic carbocycles. The molecule has 0 fully saturated rings. The minimum Gasteiger partial charge on any atom is -0.466 e. The van der Waals surface area contributed by atoms with Crippen molar-refractivity contribution in [3.05, 3.63) is 99.4 Å². The fourth-order valence-corrected chi connectivity index (χ4v) is 3.50. The average molecular weight is 414 g/mol. The Morgan fingerprint density at radius 3 is 2.42 bits per heavy atom. The Labute approximate surface area is 179 Å². The molecular weight excluding hydrogens is 392 g/mol. The van der Waals surface area contributed by atoms with Gasteiger partial charge in [-0.15, -0.1) is 0 Å². The van der Waals surface area contributed by atoms with Crippen molar-refractivity contribution in [1.29, 1.82) is 0 Å². The maximum absolute atomic E-state index is 13.0. The number of fused-ring (bicyclic) bond motifs is 1. The molecule has 0 atom stereocenters. The Hall–Kier alpha value is -4.00. The first kappa shape index (κ1) is 20.3. The smallest absolute Gasteiger partial charge is 0.292 e. The SMILES string of the molecule is C/C(=N/NC(=O)c1nn(Cc2ccccc2)c(=O)c2ccccc12)c1cc(C)oc1C. The molecule has 2 aromatic heterocycles. The molecule has 2 heterocycles. The number of carbonyl (C=O) groups excluding carboxylic acids is 1. The van der Waals surface area contributed by atoms with Crippen LogP contribution >= 0.6 is 0 Å². The molecule has 0 saturated heterocycles. The molecule has 1 amide bonds. The number of aromatic nitrogens is 2. The van der Waals surface area contributed by atoms with E-state index in [9.17, 15) is 9.59 Å². The van der Waals surface area contributed by atoms with E-state index in [-0.39, 0.29) is 17.8 Å². The van der Waals surface area contributed by atoms with E-state index in [1.54, 1.807) is 31.2 Å². The molecule has 0 aliphatic heterocycles. The third kappa shape index (κ3) is 4.16. The minimum atomic E-state index is -0.491. The second-order valence-electron chi connectivity index (χ2n) is 7.31. The zero-order valence-electron chi connectivity index (χ0n) is 17.5. The lowest BCUT2D eigenvalue weighted by Gasteiger charge is -2.10. The number of benzene rings is 2. The summed E-state index contributed by atoms with van der Waals surface area (Å²) in [7, 11) is 0. The number of aryl methyl sites for hydroxylation is 2. The van der Waals surface area contributed by atoms with Crippen LogP contribution in [0, 0.1) is 13.8 Å². The zero-order chi connectivity index (χ0) is 22.0. The van der Waals surface area contributed by atoms with Crippen LogP contribution in [0.3, 0.4) is 0 Å². The molecule has 0 radical (unpaired) electrons. The van der Waals surface area contributed by atoms with Crippen LogP contribution in [0.2, 0.25) is 0 Å². The average Bonchev–Trinajstić information content (AvgIpc) is 3.12. The van der Waals surface area contributed by atoms with E-state index in [4.69, 9.17) is 4.42 Å². The maximum Gasteiger partial charge on any atom is 0.292 e. The number of hydrogen-bond donors (Lipinski definition) is 1. The van der Waals surface area contributed by atoms with E-state index >= 15 is 0 Å². The van der Waals surface area contributed by atoms with E-state index in [0.717, 1.165) is 22.6 Å². The molecule has 1 N–H and O–H groups in total. The Morgan fingerprint density at radius 1 is 1.06 bits per heavy atom. The molecular formula is C24H22N4O3. The van der Waals surface area contributed by atoms with Gasteiger partial charge >= 0.3 is 0 Å². The summed E-state index contributed by atoms with van der Waals surface area (Å²) >= 11 is 0. The van der Waals surface area contributed by atoms with E-state index < -0.39 is 5.91 Å². The summed E-state index contributed by atoms with van der Waals surface area (Å²) in [6.07, 6.45) is 0. The van der Waals surface area contributed by atoms with Crippen molar-refractivity contribution in [2.24, 2.45) is 5.10 Å². The highest BCUT2D eigenvalue weighted by molar-refractivity contribution is 6.06. The molecule has 7 heteroatoms. The van der Waals surface area contributed by atoms with E-state index in [1.165, 1.54) is 4.68 Å². The molecule has 0 aliphatic rings. The number of carbonyl (C=O) groups is 1. The summed E-state index contributed by atoms with van der Waals surface area (Å²) < 4.78 is 6.84. The zero-order valence-corrected chi connectivity index (χ0v) is 17.5. The molecule has 0 unspecified atom stereocenters. The van der Waals surface area contributed by atoms with Gasteiger partial charge in [0.1, 0.15) is 11.5 Å². The molecule has 4 aromatic rings. The summed E-state index contributed by atoms with van der Waals surface area (Å²) in [5, 5.41) is 9.50. The monoisotopic (exact) mass is 414 g/mol. The largest absolute Gasteiger partial charge is 0.466 e. The topological polar surface area (TPSA) is 89.5 Å². The fourth-order valence-electron chi connectivity index (χ4n) is 3.50. The molecule has 0 aliphatic carbocycles. The summed E-state index contributed by atoms with van der Waals surface area (Å²) in [6.45, 7) is 5.76. The lowest BCUT2D eigenvalue weighted by molar-refractivity contribution is 0.0949. The molecule has 7 nitrogen and oxygen atoms in total. The van der Waals surface area contributed by atoms with E-state index in [2.05, 4.69) is 15.6 Å². The van der Waals surface area contributed by atoms with E-state index in [0.29, 0.717) is 16.5 Å². The number of nitrogens with one attached hydrogen (secondary N) is 1. The molecule has 31 heavy (non-hydrogen) atoms. The van der Waals surface area contributed by atoms with Gasteiger partial charge in [0.25, 0.3) is 11.5 Å². The van der Waals surface area contributed by atoms with Gasteiger partial charge in [-0.25, -0.2) is 10.1 Å². The highest BCUT2D eigenvalue weighted by Crippen LogP contribution is 2.16. The van der Waals surface area contributed by atoms with Gasteiger partial charge in [0.2, 0.25) is 0 Å². The second kappa shape index (κ2) is 8.39. The van der Waals surface area contributed by atoms with E-state index in [1.807, 2.05) is 50.2 Å². The lowest BCUT2D eigenvalue weighted by Crippen LogP contribution is -2.29. The van der Waals surface area contributed by atoms with Crippen molar-refractivity contribution in [3.8, 4) is 0 Å². The van der Waals surface area contributed by atoms with Crippen LogP contribution < -0.4 is 11.0 Å². The number of rotatable bonds is 5. The van der Waals surface area contributed by atoms with Crippen LogP contribution in [-0.2, 0) is 6.54 Å². The standard InChI is InChI=1S/C24H22N4O3/c1-15-13-21(17(3)31-15)16(2)25-26-23(29)22-19-11-7-8-12-20(19)24(30)28(27-22)14-18-9-5-4-6-10-18/h4-13H,14H2,1-3H3,(H,26,29)/b25-16-. The number of hydrazone groups is 1. The Kier molecular flexibility index (Phi) is 5.49. The summed E-state index contributed by atoms with van der Waals surface area (Å²) in [6, 6.07) is 18.3. The maximum atomic E-state index is 13.0. The molecule has 4 rings (SSSR count). The Morgan fingerprint density at radius 2 is 1.74 bits per heavy atom. The minimum absolute atomic E-state index is 0.141. The number of nitrogens with zero attached hydrogens (tertiary/aromatic N) is 3. The number of furan rings is 1. The third-order valence-electron chi connectivity index (χ3n) is 5.01. The van der Waals surface area contributed by atoms with Crippen molar-refractivity contribution in [2.75, 3.05) is 0 Å². The van der Waals surface area contributed by atoms with Gasteiger partial charge in [0.15, 0.2) is 5.69 Å². The number of amides is 1. The molecule has 156 valence electrons. The van der Waals surface area contributed by atoms with Gasteiger partial charge in [0, 0.05) is 10.9 Å². The first-order valence-corrected chi connectivity index (χ1v) is 9.90. The van der Waals surface area contributed by atoms with Gasteiger partial charge in [-0.1, -0.05) is 48.5 Å². The summed E-state index contributed by atoms with van der Waals surface area (Å²) in [4.78, 5) is 25.9. The first-order chi connectivity index (χ1) is 14.9. The predicted octanol–water partition coefficient (Wildman–Crippen LogP) is 3.81. The van der Waals surface area contributed by atoms with Gasteiger partial charge in [-0.3, -0.25) is 9.59 Å². The van der Waals surface area contributed by atoms with Crippen LogP contribution in [0.5, 0.6) is 0 Å². The van der Waals surface area contributed by atoms with Crippen molar-refractivity contribution >= 4 is 22.4 Å². The quantitative estimate of drug-likeness (QED) is 0.397. The van der Waals surface area contributed by atoms with Gasteiger partial charge < -0.3 is 4.42 Å². The third-order valence-corrected chi connectivity index (χ3v) is 5.01. The Bertz CT molecular complexity index is 1350. The van der Waals surface area contributed by atoms with Crippen LogP contribution in [0.1, 0.15) is 40.1 Å². The van der Waals surface area contributed by atoms with Crippen LogP contribution in [0.25, 0.3) is 10.8 Å². The number of hydrogen-bond acceptors (Lipinski definition) is 5. The highest BCUT2D eigenvalue weighted by atomic mass is 16.3. The van der Waals surface area contributed by atoms with Crippen molar-refractivity contribution in [1.82, 2.24) is 15.2 Å². The fraction of sp³-hybridized carbons (Fsp3) is 0.167. The Balaban J connectivity index is 1.71. The summed E-state index contributed by atoms with van der Waals surface area (Å²) in [5.74, 6) is 1.01. The molecule has 0 saturated carbocycles. The van der Waals surface area contributed by atoms with Crippen molar-refractivity contribution < 1.29 is 9.21 Å². The van der Waals surface area contributed by atoms with Gasteiger partial charge in [-0.2, -0.15) is 10.2 Å². The van der Waals surface area contributed by atoms with Crippen molar-refractivity contribution in [3.63, 3.8) is 0 Å². The van der Waals surface area contributed by atoms with Crippen LogP contribution in [0.15, 0.2) is 75.0 Å². The molecule has 0 bridgehead atoms. The van der Waals surface area contributed by atoms with Gasteiger partial charge in [0.05, 0.1) is 17.6 Å². The van der Waals surface area contributed by atoms with Crippen molar-refractivity contribution in [2.45, 2.75) is 27.3 Å².